The molecule has 5 nitrogen and oxygen atoms in total. The highest BCUT2D eigenvalue weighted by molar-refractivity contribution is 7.90. The second-order valence-corrected chi connectivity index (χ2v) is 7.31. The van der Waals surface area contributed by atoms with Crippen LogP contribution in [0.5, 0.6) is 0 Å². The predicted octanol–water partition coefficient (Wildman–Crippen LogP) is 2.13. The number of rotatable bonds is 6. The Kier molecular flexibility index (Phi) is 5.03. The van der Waals surface area contributed by atoms with E-state index in [2.05, 4.69) is 5.10 Å². The van der Waals surface area contributed by atoms with Crippen molar-refractivity contribution < 1.29 is 13.5 Å². The van der Waals surface area contributed by atoms with Gasteiger partial charge in [0.2, 0.25) is 0 Å². The molecule has 0 fully saturated rings. The quantitative estimate of drug-likeness (QED) is 0.881. The molecule has 0 aliphatic rings. The summed E-state index contributed by atoms with van der Waals surface area (Å²) in [5, 5.41) is 13.4. The maximum Gasteiger partial charge on any atom is 0.154 e. The summed E-state index contributed by atoms with van der Waals surface area (Å²) in [6.45, 7) is 1.59. The van der Waals surface area contributed by atoms with Crippen molar-refractivity contribution in [1.29, 1.82) is 0 Å². The average molecular weight is 329 g/mol. The van der Waals surface area contributed by atoms with E-state index in [0.717, 1.165) is 5.69 Å². The maximum atomic E-state index is 12.0. The standard InChI is InChI=1S/C14H17ClN2O3S/c1-11-13(10-21(19,20)9-5-8-18)14(15)17(16-11)12-6-3-2-4-7-12/h2-4,6-7,18H,5,8-10H2,1H3. The molecule has 2 rings (SSSR count). The van der Waals surface area contributed by atoms with Crippen LogP contribution < -0.4 is 0 Å². The second-order valence-electron chi connectivity index (χ2n) is 4.77. The minimum absolute atomic E-state index is 0.0597. The van der Waals surface area contributed by atoms with Crippen molar-refractivity contribution in [1.82, 2.24) is 9.78 Å². The Hall–Kier alpha value is -1.37. The Morgan fingerprint density at radius 3 is 2.57 bits per heavy atom. The van der Waals surface area contributed by atoms with Gasteiger partial charge >= 0.3 is 0 Å². The van der Waals surface area contributed by atoms with E-state index in [1.54, 1.807) is 6.92 Å². The third-order valence-electron chi connectivity index (χ3n) is 3.10. The number of halogens is 1. The summed E-state index contributed by atoms with van der Waals surface area (Å²) in [5.74, 6) is -0.222. The molecule has 7 heteroatoms. The molecule has 21 heavy (non-hydrogen) atoms. The second kappa shape index (κ2) is 6.60. The lowest BCUT2D eigenvalue weighted by atomic mass is 10.3. The lowest BCUT2D eigenvalue weighted by Crippen LogP contribution is -2.11. The fourth-order valence-corrected chi connectivity index (χ4v) is 3.93. The lowest BCUT2D eigenvalue weighted by molar-refractivity contribution is 0.295. The van der Waals surface area contributed by atoms with Gasteiger partial charge < -0.3 is 5.11 Å². The van der Waals surface area contributed by atoms with Gasteiger partial charge in [0.25, 0.3) is 0 Å². The van der Waals surface area contributed by atoms with Crippen molar-refractivity contribution in [2.45, 2.75) is 19.1 Å². The van der Waals surface area contributed by atoms with Crippen LogP contribution in [0.3, 0.4) is 0 Å². The smallest absolute Gasteiger partial charge is 0.154 e. The molecule has 0 saturated heterocycles. The van der Waals surface area contributed by atoms with Gasteiger partial charge in [-0.25, -0.2) is 13.1 Å². The largest absolute Gasteiger partial charge is 0.396 e. The van der Waals surface area contributed by atoms with Crippen molar-refractivity contribution in [2.24, 2.45) is 0 Å². The highest BCUT2D eigenvalue weighted by Crippen LogP contribution is 2.25. The Bertz CT molecular complexity index is 711. The number of aryl methyl sites for hydroxylation is 1. The van der Waals surface area contributed by atoms with E-state index in [0.29, 0.717) is 16.4 Å². The summed E-state index contributed by atoms with van der Waals surface area (Å²) in [5.41, 5.74) is 1.89. The fraction of sp³-hybridized carbons (Fsp3) is 0.357. The molecule has 0 bridgehead atoms. The molecular weight excluding hydrogens is 312 g/mol. The number of aromatic nitrogens is 2. The number of aliphatic hydroxyl groups excluding tert-OH is 1. The molecule has 1 aromatic heterocycles. The van der Waals surface area contributed by atoms with Gasteiger partial charge in [0.15, 0.2) is 9.84 Å². The summed E-state index contributed by atoms with van der Waals surface area (Å²) in [6, 6.07) is 9.30. The van der Waals surface area contributed by atoms with Crippen LogP contribution in [0.4, 0.5) is 0 Å². The summed E-state index contributed by atoms with van der Waals surface area (Å²) in [7, 11) is -3.31. The SMILES string of the molecule is Cc1nn(-c2ccccc2)c(Cl)c1CS(=O)(=O)CCCO. The van der Waals surface area contributed by atoms with Crippen molar-refractivity contribution in [3.8, 4) is 5.69 Å². The van der Waals surface area contributed by atoms with Crippen LogP contribution in [-0.2, 0) is 15.6 Å². The first kappa shape index (κ1) is 16.0. The fourth-order valence-electron chi connectivity index (χ4n) is 2.01. The minimum atomic E-state index is -3.31. The van der Waals surface area contributed by atoms with Gasteiger partial charge in [-0.2, -0.15) is 5.10 Å². The van der Waals surface area contributed by atoms with Crippen molar-refractivity contribution in [3.63, 3.8) is 0 Å². The first-order valence-corrected chi connectivity index (χ1v) is 8.75. The molecule has 0 spiro atoms. The summed E-state index contributed by atoms with van der Waals surface area (Å²) < 4.78 is 25.5. The summed E-state index contributed by atoms with van der Waals surface area (Å²) in [4.78, 5) is 0. The number of aliphatic hydroxyl groups is 1. The van der Waals surface area contributed by atoms with Gasteiger partial charge in [-0.3, -0.25) is 0 Å². The Labute approximate surface area is 129 Å². The van der Waals surface area contributed by atoms with Crippen LogP contribution >= 0.6 is 11.6 Å². The van der Waals surface area contributed by atoms with E-state index >= 15 is 0 Å². The highest BCUT2D eigenvalue weighted by atomic mass is 35.5. The molecule has 0 aliphatic carbocycles. The molecule has 114 valence electrons. The molecule has 1 N–H and O–H groups in total. The summed E-state index contributed by atoms with van der Waals surface area (Å²) in [6.07, 6.45) is 0.228. The Morgan fingerprint density at radius 1 is 1.29 bits per heavy atom. The average Bonchev–Trinajstić information content (AvgIpc) is 2.74. The van der Waals surface area contributed by atoms with Gasteiger partial charge in [0, 0.05) is 12.2 Å². The van der Waals surface area contributed by atoms with E-state index in [-0.39, 0.29) is 24.5 Å². The third-order valence-corrected chi connectivity index (χ3v) is 5.13. The maximum absolute atomic E-state index is 12.0. The number of hydrogen-bond donors (Lipinski definition) is 1. The number of benzene rings is 1. The van der Waals surface area contributed by atoms with Crippen LogP contribution in [0, 0.1) is 6.92 Å². The van der Waals surface area contributed by atoms with Gasteiger partial charge in [-0.05, 0) is 25.5 Å². The van der Waals surface area contributed by atoms with Gasteiger partial charge in [0.1, 0.15) is 5.15 Å². The van der Waals surface area contributed by atoms with E-state index in [1.807, 2.05) is 30.3 Å². The number of hydrogen-bond acceptors (Lipinski definition) is 4. The van der Waals surface area contributed by atoms with Crippen LogP contribution in [0.15, 0.2) is 30.3 Å². The third kappa shape index (κ3) is 3.84. The van der Waals surface area contributed by atoms with E-state index in [1.165, 1.54) is 4.68 Å². The normalized spacial score (nSPS) is 11.8. The first-order chi connectivity index (χ1) is 9.94. The van der Waals surface area contributed by atoms with E-state index < -0.39 is 9.84 Å². The molecule has 0 radical (unpaired) electrons. The van der Waals surface area contributed by atoms with Gasteiger partial charge in [-0.1, -0.05) is 29.8 Å². The monoisotopic (exact) mass is 328 g/mol. The van der Waals surface area contributed by atoms with Crippen LogP contribution in [0.25, 0.3) is 5.69 Å². The molecule has 1 heterocycles. The van der Waals surface area contributed by atoms with Crippen LogP contribution in [0.2, 0.25) is 5.15 Å². The van der Waals surface area contributed by atoms with Gasteiger partial charge in [0.05, 0.1) is 22.9 Å². The zero-order chi connectivity index (χ0) is 15.5. The molecule has 0 atom stereocenters. The van der Waals surface area contributed by atoms with Gasteiger partial charge in [-0.15, -0.1) is 0 Å². The molecule has 1 aromatic carbocycles. The first-order valence-electron chi connectivity index (χ1n) is 6.55. The zero-order valence-electron chi connectivity index (χ0n) is 11.7. The number of sulfone groups is 1. The van der Waals surface area contributed by atoms with Crippen molar-refractivity contribution >= 4 is 21.4 Å². The van der Waals surface area contributed by atoms with E-state index in [9.17, 15) is 8.42 Å². The Balaban J connectivity index is 2.33. The minimum Gasteiger partial charge on any atom is -0.396 e. The number of nitrogens with zero attached hydrogens (tertiary/aromatic N) is 2. The predicted molar refractivity (Wildman–Crippen MR) is 82.5 cm³/mol. The molecule has 0 amide bonds. The molecule has 0 aliphatic heterocycles. The molecular formula is C14H17ClN2O3S. The van der Waals surface area contributed by atoms with E-state index in [4.69, 9.17) is 16.7 Å². The van der Waals surface area contributed by atoms with Crippen molar-refractivity contribution in [2.75, 3.05) is 12.4 Å². The summed E-state index contributed by atoms with van der Waals surface area (Å²) >= 11 is 6.29. The molecule has 2 aromatic rings. The topological polar surface area (TPSA) is 72.2 Å². The number of para-hydroxylation sites is 1. The molecule has 0 unspecified atom stereocenters. The van der Waals surface area contributed by atoms with Crippen LogP contribution in [0.1, 0.15) is 17.7 Å². The Morgan fingerprint density at radius 2 is 1.95 bits per heavy atom. The highest BCUT2D eigenvalue weighted by Gasteiger charge is 2.20. The van der Waals surface area contributed by atoms with Crippen molar-refractivity contribution in [3.05, 3.63) is 46.7 Å². The molecule has 0 saturated carbocycles. The van der Waals surface area contributed by atoms with Crippen LogP contribution in [-0.4, -0.2) is 35.7 Å². The zero-order valence-corrected chi connectivity index (χ0v) is 13.2. The lowest BCUT2D eigenvalue weighted by Gasteiger charge is -2.04.